The molecule has 6 amide bonds. The van der Waals surface area contributed by atoms with Crippen molar-refractivity contribution in [1.29, 1.82) is 0 Å². The number of likely N-dealkylation sites (tertiary alicyclic amines) is 1. The van der Waals surface area contributed by atoms with Crippen LogP contribution in [0.15, 0.2) is 30.3 Å². The van der Waals surface area contributed by atoms with Gasteiger partial charge < -0.3 is 49.2 Å². The molecule has 1 aliphatic heterocycles. The Bertz CT molecular complexity index is 1730. The molecule has 17 nitrogen and oxygen atoms in total. The molecule has 67 heavy (non-hydrogen) atoms. The summed E-state index contributed by atoms with van der Waals surface area (Å²) in [5.74, 6) is -1.94. The molecular formula is C50H87N7O10. The van der Waals surface area contributed by atoms with Crippen LogP contribution in [0.2, 0.25) is 0 Å². The molecule has 10 atom stereocenters. The number of nitrogens with zero attached hydrogens (tertiary/aromatic N) is 5. The topological polar surface area (TPSA) is 180 Å². The maximum atomic E-state index is 14.4. The summed E-state index contributed by atoms with van der Waals surface area (Å²) >= 11 is 0. The Morgan fingerprint density at radius 2 is 1.37 bits per heavy atom. The van der Waals surface area contributed by atoms with E-state index in [1.807, 2.05) is 90.9 Å². The van der Waals surface area contributed by atoms with Gasteiger partial charge in [-0.15, -0.1) is 0 Å². The Labute approximate surface area is 402 Å². The zero-order chi connectivity index (χ0) is 51.1. The first-order valence-corrected chi connectivity index (χ1v) is 24.0. The van der Waals surface area contributed by atoms with Crippen LogP contribution in [0.1, 0.15) is 114 Å². The van der Waals surface area contributed by atoms with Crippen LogP contribution in [0.5, 0.6) is 0 Å². The van der Waals surface area contributed by atoms with Crippen molar-refractivity contribution in [3.63, 3.8) is 0 Å². The van der Waals surface area contributed by atoms with Gasteiger partial charge in [0.05, 0.1) is 48.7 Å². The van der Waals surface area contributed by atoms with Crippen molar-refractivity contribution in [2.75, 3.05) is 69.1 Å². The van der Waals surface area contributed by atoms with E-state index in [1.54, 1.807) is 72.7 Å². The Kier molecular flexibility index (Phi) is 23.5. The number of amides is 6. The highest BCUT2D eigenvalue weighted by molar-refractivity contribution is 5.90. The molecule has 1 heterocycles. The lowest BCUT2D eigenvalue weighted by molar-refractivity contribution is -0.148. The Balaban J connectivity index is 2.27. The minimum absolute atomic E-state index is 0.0156. The number of methoxy groups -OCH3 is 2. The number of likely N-dealkylation sites (N-methyl/N-ethyl adjacent to an activating group) is 4. The average molecular weight is 946 g/mol. The highest BCUT2D eigenvalue weighted by Gasteiger charge is 2.43. The lowest BCUT2D eigenvalue weighted by atomic mass is 9.89. The molecular weight excluding hydrogens is 859 g/mol. The van der Waals surface area contributed by atoms with Gasteiger partial charge in [-0.2, -0.15) is 0 Å². The van der Waals surface area contributed by atoms with Crippen molar-refractivity contribution in [3.8, 4) is 0 Å². The highest BCUT2D eigenvalue weighted by Crippen LogP contribution is 2.31. The third kappa shape index (κ3) is 16.9. The number of ether oxygens (including phenoxy) is 4. The monoisotopic (exact) mass is 946 g/mol. The fourth-order valence-electron chi connectivity index (χ4n) is 8.97. The number of hydrogen-bond donors (Lipinski definition) is 2. The van der Waals surface area contributed by atoms with Gasteiger partial charge >= 0.3 is 12.2 Å². The normalized spacial score (nSPS) is 18.2. The van der Waals surface area contributed by atoms with Crippen molar-refractivity contribution in [3.05, 3.63) is 35.9 Å². The Hall–Kier alpha value is -4.48. The second-order valence-electron chi connectivity index (χ2n) is 20.3. The summed E-state index contributed by atoms with van der Waals surface area (Å²) in [6.07, 6.45) is -1.34. The third-order valence-corrected chi connectivity index (χ3v) is 12.9. The van der Waals surface area contributed by atoms with Crippen LogP contribution < -0.4 is 10.6 Å². The van der Waals surface area contributed by atoms with Gasteiger partial charge in [-0.1, -0.05) is 85.2 Å². The predicted molar refractivity (Wildman–Crippen MR) is 260 cm³/mol. The molecule has 0 radical (unpaired) electrons. The number of carbonyl (C=O) groups is 6. The smallest absolute Gasteiger partial charge is 0.410 e. The summed E-state index contributed by atoms with van der Waals surface area (Å²) < 4.78 is 23.6. The van der Waals surface area contributed by atoms with Crippen LogP contribution in [0.4, 0.5) is 9.59 Å². The van der Waals surface area contributed by atoms with Gasteiger partial charge in [0.15, 0.2) is 0 Å². The first-order valence-electron chi connectivity index (χ1n) is 24.0. The van der Waals surface area contributed by atoms with Gasteiger partial charge in [-0.25, -0.2) is 9.59 Å². The van der Waals surface area contributed by atoms with E-state index in [0.717, 1.165) is 0 Å². The van der Waals surface area contributed by atoms with E-state index in [-0.39, 0.29) is 60.9 Å². The maximum Gasteiger partial charge on any atom is 0.410 e. The lowest BCUT2D eigenvalue weighted by Gasteiger charge is -2.41. The molecule has 17 heteroatoms. The van der Waals surface area contributed by atoms with E-state index in [2.05, 4.69) is 10.6 Å². The predicted octanol–water partition coefficient (Wildman–Crippen LogP) is 5.82. The molecule has 1 aromatic rings. The van der Waals surface area contributed by atoms with E-state index < -0.39 is 72.2 Å². The fourth-order valence-corrected chi connectivity index (χ4v) is 8.97. The summed E-state index contributed by atoms with van der Waals surface area (Å²) in [6.45, 7) is 21.5. The first-order chi connectivity index (χ1) is 31.2. The molecule has 1 aromatic carbocycles. The molecule has 0 saturated carbocycles. The molecule has 0 spiro atoms. The molecule has 0 bridgehead atoms. The van der Waals surface area contributed by atoms with Crippen molar-refractivity contribution < 1.29 is 47.7 Å². The first kappa shape index (κ1) is 58.6. The number of benzene rings is 1. The minimum atomic E-state index is -0.863. The van der Waals surface area contributed by atoms with E-state index in [0.29, 0.717) is 31.4 Å². The van der Waals surface area contributed by atoms with E-state index >= 15 is 0 Å². The molecule has 1 aliphatic rings. The molecule has 0 aromatic heterocycles. The van der Waals surface area contributed by atoms with Crippen LogP contribution in [0.3, 0.4) is 0 Å². The standard InChI is InChI=1S/C50H87N7O10/c1-19-33(6)42(56(16)47(61)40(31(2)3)52-46(60)41(32(4)5)53(12)13)38(64-17)30-39(58)57-27-23-26-37(57)43(65-18)34(7)45(59)51-35(8)44(36-24-21-20-22-25-36)66-48(62)54(14)28-29-55(15)49(63)67-50(9,10)11/h20-22,24-25,31-35,37-38,40-44H,19,23,26-30H2,1-18H3,(H,51,59)(H,52,60)/t33-,34+,35+,37-,38?,40-,41-,42-,43+,44+/m0/s1. The minimum Gasteiger partial charge on any atom is -0.444 e. The molecule has 2 rings (SSSR count). The fraction of sp³-hybridized carbons (Fsp3) is 0.760. The maximum absolute atomic E-state index is 14.4. The van der Waals surface area contributed by atoms with Gasteiger partial charge in [0, 0.05) is 55.0 Å². The number of rotatable bonds is 24. The zero-order valence-corrected chi connectivity index (χ0v) is 44.1. The second-order valence-corrected chi connectivity index (χ2v) is 20.3. The van der Waals surface area contributed by atoms with Crippen LogP contribution in [-0.2, 0) is 38.1 Å². The second kappa shape index (κ2) is 26.9. The average Bonchev–Trinajstić information content (AvgIpc) is 3.74. The van der Waals surface area contributed by atoms with Crippen LogP contribution in [-0.4, -0.2) is 177 Å². The molecule has 1 unspecified atom stereocenters. The summed E-state index contributed by atoms with van der Waals surface area (Å²) in [6, 6.07) is 6.34. The number of hydrogen-bond acceptors (Lipinski definition) is 11. The molecule has 1 saturated heterocycles. The SMILES string of the molecule is CC[C@H](C)[C@@H](C(CC(=O)N1CCC[C@H]1[C@H](OC)[C@@H](C)C(=O)N[C@H](C)[C@@H](OC(=O)N(C)CCN(C)C(=O)OC(C)(C)C)c1ccccc1)OC)N(C)C(=O)[C@@H](NC(=O)[C@H](C(C)C)N(C)C)C(C)C. The zero-order valence-electron chi connectivity index (χ0n) is 44.1. The van der Waals surface area contributed by atoms with E-state index in [4.69, 9.17) is 18.9 Å². The quantitative estimate of drug-likeness (QED) is 0.128. The highest BCUT2D eigenvalue weighted by atomic mass is 16.6. The van der Waals surface area contributed by atoms with Crippen molar-refractivity contribution in [1.82, 2.24) is 35.1 Å². The largest absolute Gasteiger partial charge is 0.444 e. The summed E-state index contributed by atoms with van der Waals surface area (Å²) in [7, 11) is 11.7. The van der Waals surface area contributed by atoms with Gasteiger partial charge in [0.1, 0.15) is 17.7 Å². The molecule has 1 fully saturated rings. The Morgan fingerprint density at radius 1 is 0.791 bits per heavy atom. The van der Waals surface area contributed by atoms with Crippen LogP contribution >= 0.6 is 0 Å². The van der Waals surface area contributed by atoms with E-state index in [1.165, 1.54) is 16.9 Å². The Morgan fingerprint density at radius 3 is 1.87 bits per heavy atom. The van der Waals surface area contributed by atoms with Crippen LogP contribution in [0.25, 0.3) is 0 Å². The van der Waals surface area contributed by atoms with Crippen molar-refractivity contribution in [2.45, 2.75) is 156 Å². The molecule has 0 aliphatic carbocycles. The lowest BCUT2D eigenvalue weighted by Crippen LogP contribution is -2.59. The van der Waals surface area contributed by atoms with Crippen molar-refractivity contribution >= 4 is 35.8 Å². The summed E-state index contributed by atoms with van der Waals surface area (Å²) in [5.41, 5.74) is 0.0154. The van der Waals surface area contributed by atoms with E-state index in [9.17, 15) is 28.8 Å². The van der Waals surface area contributed by atoms with Gasteiger partial charge in [-0.05, 0) is 77.9 Å². The third-order valence-electron chi connectivity index (χ3n) is 12.9. The number of carbonyl (C=O) groups excluding carboxylic acids is 6. The molecule has 2 N–H and O–H groups in total. The van der Waals surface area contributed by atoms with Crippen molar-refractivity contribution in [2.24, 2.45) is 23.7 Å². The van der Waals surface area contributed by atoms with Gasteiger partial charge in [-0.3, -0.25) is 24.1 Å². The van der Waals surface area contributed by atoms with Crippen LogP contribution in [0, 0.1) is 23.7 Å². The molecule has 382 valence electrons. The van der Waals surface area contributed by atoms with Gasteiger partial charge in [0.25, 0.3) is 0 Å². The summed E-state index contributed by atoms with van der Waals surface area (Å²) in [4.78, 5) is 90.5. The number of nitrogens with one attached hydrogen (secondary N) is 2. The summed E-state index contributed by atoms with van der Waals surface area (Å²) in [5, 5.41) is 6.10. The van der Waals surface area contributed by atoms with Gasteiger partial charge in [0.2, 0.25) is 23.6 Å².